The Kier molecular flexibility index (Phi) is 6.42. The van der Waals surface area contributed by atoms with E-state index in [-0.39, 0.29) is 12.4 Å². The number of aliphatic hydroxyl groups is 1. The van der Waals surface area contributed by atoms with Crippen molar-refractivity contribution in [2.45, 2.75) is 58.3 Å². The minimum atomic E-state index is -0.115. The van der Waals surface area contributed by atoms with Crippen molar-refractivity contribution in [3.63, 3.8) is 0 Å². The molecule has 1 aliphatic carbocycles. The molecule has 0 amide bonds. The zero-order valence-corrected chi connectivity index (χ0v) is 12.8. The molecule has 5 heteroatoms. The fourth-order valence-electron chi connectivity index (χ4n) is 2.76. The van der Waals surface area contributed by atoms with Crippen LogP contribution in [0.1, 0.15) is 48.9 Å². The lowest BCUT2D eigenvalue weighted by atomic mass is 9.98. The van der Waals surface area contributed by atoms with Gasteiger partial charge in [0.25, 0.3) is 0 Å². The maximum Gasteiger partial charge on any atom is 0.141 e. The number of pyridine rings is 1. The van der Waals surface area contributed by atoms with Crippen molar-refractivity contribution in [2.24, 2.45) is 0 Å². The van der Waals surface area contributed by atoms with Gasteiger partial charge in [0.2, 0.25) is 0 Å². The first-order chi connectivity index (χ1) is 10.2. The second kappa shape index (κ2) is 8.32. The molecule has 1 heterocycles. The van der Waals surface area contributed by atoms with Crippen molar-refractivity contribution in [1.82, 2.24) is 10.3 Å². The lowest BCUT2D eigenvalue weighted by Gasteiger charge is -2.22. The number of aromatic nitrogens is 1. The molecule has 3 N–H and O–H groups in total. The average Bonchev–Trinajstić information content (AvgIpc) is 2.52. The zero-order valence-electron chi connectivity index (χ0n) is 12.8. The van der Waals surface area contributed by atoms with Crippen molar-refractivity contribution >= 4 is 0 Å². The number of hydrogen-bond donors (Lipinski definition) is 3. The van der Waals surface area contributed by atoms with Gasteiger partial charge in [0, 0.05) is 30.4 Å². The van der Waals surface area contributed by atoms with E-state index in [1.54, 1.807) is 13.1 Å². The smallest absolute Gasteiger partial charge is 0.141 e. The molecule has 0 atom stereocenters. The maximum absolute atomic E-state index is 10.0. The molecule has 118 valence electrons. The van der Waals surface area contributed by atoms with Gasteiger partial charge in [-0.3, -0.25) is 4.98 Å². The Labute approximate surface area is 126 Å². The molecule has 0 unspecified atom stereocenters. The SMILES string of the molecule is Cc1ncc(CO)c(CNCCOC2CCCCC2)c1O. The van der Waals surface area contributed by atoms with E-state index in [2.05, 4.69) is 10.3 Å². The Balaban J connectivity index is 1.74. The topological polar surface area (TPSA) is 74.6 Å². The third-order valence-electron chi connectivity index (χ3n) is 4.09. The summed E-state index contributed by atoms with van der Waals surface area (Å²) in [5.41, 5.74) is 1.98. The lowest BCUT2D eigenvalue weighted by Crippen LogP contribution is -2.24. The molecule has 0 bridgehead atoms. The van der Waals surface area contributed by atoms with Gasteiger partial charge in [0.15, 0.2) is 0 Å². The van der Waals surface area contributed by atoms with Crippen LogP contribution in [0.3, 0.4) is 0 Å². The van der Waals surface area contributed by atoms with Gasteiger partial charge >= 0.3 is 0 Å². The monoisotopic (exact) mass is 294 g/mol. The maximum atomic E-state index is 10.0. The summed E-state index contributed by atoms with van der Waals surface area (Å²) in [6.45, 7) is 3.58. The van der Waals surface area contributed by atoms with Gasteiger partial charge in [-0.25, -0.2) is 0 Å². The summed E-state index contributed by atoms with van der Waals surface area (Å²) in [5.74, 6) is 0.169. The Bertz CT molecular complexity index is 445. The van der Waals surface area contributed by atoms with E-state index >= 15 is 0 Å². The summed E-state index contributed by atoms with van der Waals surface area (Å²) in [5, 5.41) is 22.6. The number of aromatic hydroxyl groups is 1. The Morgan fingerprint density at radius 3 is 2.81 bits per heavy atom. The summed E-state index contributed by atoms with van der Waals surface area (Å²) in [7, 11) is 0. The predicted molar refractivity (Wildman–Crippen MR) is 81.1 cm³/mol. The third-order valence-corrected chi connectivity index (χ3v) is 4.09. The molecule has 5 nitrogen and oxygen atoms in total. The van der Waals surface area contributed by atoms with Gasteiger partial charge in [-0.05, 0) is 19.8 Å². The summed E-state index contributed by atoms with van der Waals surface area (Å²) < 4.78 is 5.84. The van der Waals surface area contributed by atoms with Crippen molar-refractivity contribution < 1.29 is 14.9 Å². The normalized spacial score (nSPS) is 16.3. The Morgan fingerprint density at radius 1 is 1.33 bits per heavy atom. The minimum absolute atomic E-state index is 0.115. The Morgan fingerprint density at radius 2 is 2.10 bits per heavy atom. The van der Waals surface area contributed by atoms with Crippen molar-refractivity contribution in [2.75, 3.05) is 13.2 Å². The van der Waals surface area contributed by atoms with Gasteiger partial charge in [0.1, 0.15) is 5.75 Å². The summed E-state index contributed by atoms with van der Waals surface area (Å²) in [6, 6.07) is 0. The van der Waals surface area contributed by atoms with Gasteiger partial charge < -0.3 is 20.3 Å². The lowest BCUT2D eigenvalue weighted by molar-refractivity contribution is 0.0302. The van der Waals surface area contributed by atoms with Gasteiger partial charge in [-0.15, -0.1) is 0 Å². The van der Waals surface area contributed by atoms with Crippen molar-refractivity contribution in [3.8, 4) is 5.75 Å². The number of ether oxygens (including phenoxy) is 1. The second-order valence-electron chi connectivity index (χ2n) is 5.66. The number of rotatable bonds is 7. The highest BCUT2D eigenvalue weighted by molar-refractivity contribution is 5.40. The van der Waals surface area contributed by atoms with Crippen LogP contribution in [-0.4, -0.2) is 34.5 Å². The standard InChI is InChI=1S/C16H26N2O3/c1-12-16(20)15(13(11-19)9-18-12)10-17-7-8-21-14-5-3-2-4-6-14/h9,14,17,19-20H,2-8,10-11H2,1H3. The van der Waals surface area contributed by atoms with Gasteiger partial charge in [-0.2, -0.15) is 0 Å². The molecule has 1 aromatic heterocycles. The summed E-state index contributed by atoms with van der Waals surface area (Å²) in [4.78, 5) is 4.05. The van der Waals surface area contributed by atoms with Crippen LogP contribution in [0.4, 0.5) is 0 Å². The molecule has 0 radical (unpaired) electrons. The van der Waals surface area contributed by atoms with Crippen LogP contribution in [0.25, 0.3) is 0 Å². The minimum Gasteiger partial charge on any atom is -0.506 e. The molecule has 0 saturated heterocycles. The highest BCUT2D eigenvalue weighted by Crippen LogP contribution is 2.23. The van der Waals surface area contributed by atoms with Gasteiger partial charge in [-0.1, -0.05) is 19.3 Å². The van der Waals surface area contributed by atoms with E-state index in [1.165, 1.54) is 32.1 Å². The van der Waals surface area contributed by atoms with Crippen LogP contribution in [-0.2, 0) is 17.9 Å². The molecule has 1 saturated carbocycles. The molecule has 21 heavy (non-hydrogen) atoms. The quantitative estimate of drug-likeness (QED) is 0.671. The van der Waals surface area contributed by atoms with Crippen LogP contribution >= 0.6 is 0 Å². The van der Waals surface area contributed by atoms with Crippen LogP contribution in [0.15, 0.2) is 6.20 Å². The predicted octanol–water partition coefficient (Wildman–Crippen LogP) is 2.03. The fourth-order valence-corrected chi connectivity index (χ4v) is 2.76. The number of aliphatic hydroxyl groups excluding tert-OH is 1. The number of nitrogens with one attached hydrogen (secondary N) is 1. The van der Waals surface area contributed by atoms with E-state index in [4.69, 9.17) is 4.74 Å². The molecule has 1 aromatic rings. The fraction of sp³-hybridized carbons (Fsp3) is 0.688. The van der Waals surface area contributed by atoms with Crippen molar-refractivity contribution in [3.05, 3.63) is 23.0 Å². The van der Waals surface area contributed by atoms with E-state index in [0.29, 0.717) is 30.5 Å². The molecular formula is C16H26N2O3. The largest absolute Gasteiger partial charge is 0.506 e. The second-order valence-corrected chi connectivity index (χ2v) is 5.66. The molecular weight excluding hydrogens is 268 g/mol. The van der Waals surface area contributed by atoms with Crippen LogP contribution < -0.4 is 5.32 Å². The first-order valence-electron chi connectivity index (χ1n) is 7.82. The van der Waals surface area contributed by atoms with Crippen LogP contribution in [0, 0.1) is 6.92 Å². The molecule has 1 aliphatic rings. The van der Waals surface area contributed by atoms with Crippen LogP contribution in [0.2, 0.25) is 0 Å². The molecule has 1 fully saturated rings. The molecule has 0 spiro atoms. The highest BCUT2D eigenvalue weighted by Gasteiger charge is 2.13. The first kappa shape index (κ1) is 16.2. The summed E-state index contributed by atoms with van der Waals surface area (Å²) in [6.07, 6.45) is 8.29. The Hall–Kier alpha value is -1.17. The van der Waals surface area contributed by atoms with Crippen molar-refractivity contribution in [1.29, 1.82) is 0 Å². The van der Waals surface area contributed by atoms with Gasteiger partial charge in [0.05, 0.1) is 25.0 Å². The van der Waals surface area contributed by atoms with E-state index < -0.39 is 0 Å². The zero-order chi connectivity index (χ0) is 15.1. The van der Waals surface area contributed by atoms with E-state index in [9.17, 15) is 10.2 Å². The molecule has 0 aromatic carbocycles. The van der Waals surface area contributed by atoms with Crippen LogP contribution in [0.5, 0.6) is 5.75 Å². The number of nitrogens with zero attached hydrogens (tertiary/aromatic N) is 1. The molecule has 2 rings (SSSR count). The highest BCUT2D eigenvalue weighted by atomic mass is 16.5. The summed E-state index contributed by atoms with van der Waals surface area (Å²) >= 11 is 0. The third kappa shape index (κ3) is 4.66. The van der Waals surface area contributed by atoms with E-state index in [0.717, 1.165) is 12.1 Å². The number of hydrogen-bond acceptors (Lipinski definition) is 5. The average molecular weight is 294 g/mol. The molecule has 0 aliphatic heterocycles. The van der Waals surface area contributed by atoms with E-state index in [1.807, 2.05) is 0 Å². The number of aryl methyl sites for hydroxylation is 1. The first-order valence-corrected chi connectivity index (χ1v) is 7.82.